The second-order valence-corrected chi connectivity index (χ2v) is 9.77. The van der Waals surface area contributed by atoms with Gasteiger partial charge in [0, 0.05) is 38.3 Å². The number of carbonyl (C=O) groups is 1. The van der Waals surface area contributed by atoms with Gasteiger partial charge in [-0.3, -0.25) is 4.79 Å². The van der Waals surface area contributed by atoms with Gasteiger partial charge >= 0.3 is 0 Å². The Hall–Kier alpha value is -4.65. The Morgan fingerprint density at radius 1 is 0.659 bits per heavy atom. The number of nitrogens with two attached hydrogens (primary N) is 1. The number of carbonyl (C=O) groups excluding carboxylic acids is 1. The summed E-state index contributed by atoms with van der Waals surface area (Å²) in [4.78, 5) is 26.0. The zero-order valence-electron chi connectivity index (χ0n) is 24.6. The quantitative estimate of drug-likeness (QED) is 0.101. The van der Waals surface area contributed by atoms with E-state index < -0.39 is 0 Å². The summed E-state index contributed by atoms with van der Waals surface area (Å²) < 4.78 is 24.0. The first kappa shape index (κ1) is 32.3. The molecule has 0 aliphatic rings. The predicted octanol–water partition coefficient (Wildman–Crippen LogP) is 3.61. The first-order valence-electron chi connectivity index (χ1n) is 14.6. The summed E-state index contributed by atoms with van der Waals surface area (Å²) in [6, 6.07) is 23.7. The monoisotopic (exact) mass is 602 g/mol. The van der Waals surface area contributed by atoms with E-state index in [1.165, 1.54) is 17.7 Å². The Balaban J connectivity index is 1.30. The molecule has 1 amide bonds. The third-order valence-electron chi connectivity index (χ3n) is 6.37. The first-order chi connectivity index (χ1) is 21.6. The van der Waals surface area contributed by atoms with Crippen LogP contribution in [0.15, 0.2) is 78.9 Å². The van der Waals surface area contributed by atoms with Gasteiger partial charge in [0.1, 0.15) is 5.82 Å². The van der Waals surface area contributed by atoms with Crippen LogP contribution in [0, 0.1) is 5.82 Å². The number of nitrogens with zero attached hydrogens (tertiary/aromatic N) is 3. The van der Waals surface area contributed by atoms with Crippen LogP contribution in [0.4, 0.5) is 22.2 Å². The van der Waals surface area contributed by atoms with E-state index in [0.717, 1.165) is 17.5 Å². The van der Waals surface area contributed by atoms with Crippen molar-refractivity contribution in [3.05, 3.63) is 107 Å². The number of anilines is 3. The van der Waals surface area contributed by atoms with Crippen molar-refractivity contribution in [2.75, 3.05) is 62.0 Å². The normalized spacial score (nSPS) is 10.8. The summed E-state index contributed by atoms with van der Waals surface area (Å²) in [5.74, 6) is 0.740. The topological polar surface area (TPSA) is 148 Å². The molecular formula is C32H39FN8O3. The van der Waals surface area contributed by atoms with Crippen molar-refractivity contribution in [2.24, 2.45) is 5.73 Å². The highest BCUT2D eigenvalue weighted by molar-refractivity contribution is 5.94. The Labute approximate surface area is 256 Å². The molecule has 44 heavy (non-hydrogen) atoms. The van der Waals surface area contributed by atoms with Crippen LogP contribution in [-0.2, 0) is 29.0 Å². The summed E-state index contributed by atoms with van der Waals surface area (Å²) >= 11 is 0. The van der Waals surface area contributed by atoms with E-state index in [2.05, 4.69) is 48.4 Å². The van der Waals surface area contributed by atoms with Gasteiger partial charge in [0.25, 0.3) is 5.91 Å². The van der Waals surface area contributed by atoms with E-state index in [1.54, 1.807) is 24.3 Å². The third-order valence-corrected chi connectivity index (χ3v) is 6.37. The maximum atomic E-state index is 13.3. The lowest BCUT2D eigenvalue weighted by Crippen LogP contribution is -2.27. The average molecular weight is 603 g/mol. The smallest absolute Gasteiger partial charge is 0.251 e. The van der Waals surface area contributed by atoms with Gasteiger partial charge in [0.15, 0.2) is 0 Å². The zero-order valence-corrected chi connectivity index (χ0v) is 24.6. The van der Waals surface area contributed by atoms with Crippen LogP contribution in [0.25, 0.3) is 0 Å². The lowest BCUT2D eigenvalue weighted by atomic mass is 10.1. The van der Waals surface area contributed by atoms with E-state index in [-0.39, 0.29) is 11.7 Å². The highest BCUT2D eigenvalue weighted by atomic mass is 19.1. The molecule has 6 N–H and O–H groups in total. The number of hydrogen-bond donors (Lipinski definition) is 5. The highest BCUT2D eigenvalue weighted by Crippen LogP contribution is 2.14. The molecule has 4 rings (SSSR count). The van der Waals surface area contributed by atoms with E-state index in [9.17, 15) is 9.18 Å². The van der Waals surface area contributed by atoms with Crippen LogP contribution in [0.2, 0.25) is 0 Å². The van der Waals surface area contributed by atoms with Crippen LogP contribution in [0.5, 0.6) is 0 Å². The fraction of sp³-hybridized carbons (Fsp3) is 0.312. The van der Waals surface area contributed by atoms with Gasteiger partial charge in [0.2, 0.25) is 17.8 Å². The number of nitrogens with one attached hydrogen (secondary N) is 4. The molecule has 0 unspecified atom stereocenters. The molecule has 0 fully saturated rings. The van der Waals surface area contributed by atoms with Gasteiger partial charge in [-0.1, -0.05) is 54.6 Å². The third kappa shape index (κ3) is 11.6. The van der Waals surface area contributed by atoms with Crippen LogP contribution in [-0.4, -0.2) is 66.9 Å². The summed E-state index contributed by atoms with van der Waals surface area (Å²) in [5.41, 5.74) is 8.96. The number of benzene rings is 3. The number of hydrogen-bond acceptors (Lipinski definition) is 10. The zero-order chi connectivity index (χ0) is 30.8. The molecule has 0 aliphatic heterocycles. The number of amides is 1. The minimum atomic E-state index is -0.287. The fourth-order valence-electron chi connectivity index (χ4n) is 4.06. The maximum Gasteiger partial charge on any atom is 0.251 e. The molecule has 1 heterocycles. The molecule has 0 saturated carbocycles. The van der Waals surface area contributed by atoms with Crippen LogP contribution < -0.4 is 27.0 Å². The first-order valence-corrected chi connectivity index (χ1v) is 14.6. The second kappa shape index (κ2) is 18.1. The minimum Gasteiger partial charge on any atom is -0.378 e. The molecular weight excluding hydrogens is 563 g/mol. The molecule has 1 aromatic heterocycles. The summed E-state index contributed by atoms with van der Waals surface area (Å²) in [5, 5.41) is 12.6. The van der Waals surface area contributed by atoms with Crippen molar-refractivity contribution in [1.82, 2.24) is 20.3 Å². The fourth-order valence-corrected chi connectivity index (χ4v) is 4.06. The van der Waals surface area contributed by atoms with Gasteiger partial charge in [0.05, 0.1) is 26.4 Å². The lowest BCUT2D eigenvalue weighted by Gasteiger charge is -2.12. The van der Waals surface area contributed by atoms with Crippen molar-refractivity contribution in [2.45, 2.75) is 19.5 Å². The molecule has 11 nitrogen and oxygen atoms in total. The van der Waals surface area contributed by atoms with Crippen LogP contribution in [0.1, 0.15) is 27.0 Å². The SMILES string of the molecule is NCCOCCOCCNC(=O)c1ccc(CNc2nc(NCCc3ccccc3)nc(NCc3ccc(F)cc3)n2)cc1. The van der Waals surface area contributed by atoms with Crippen LogP contribution >= 0.6 is 0 Å². The second-order valence-electron chi connectivity index (χ2n) is 9.77. The number of aromatic nitrogens is 3. The van der Waals surface area contributed by atoms with Gasteiger partial charge in [-0.2, -0.15) is 15.0 Å². The number of halogens is 1. The van der Waals surface area contributed by atoms with E-state index >= 15 is 0 Å². The molecule has 0 saturated heterocycles. The average Bonchev–Trinajstić information content (AvgIpc) is 3.05. The molecule has 12 heteroatoms. The van der Waals surface area contributed by atoms with Crippen molar-refractivity contribution in [3.8, 4) is 0 Å². The molecule has 0 bridgehead atoms. The number of ether oxygens (including phenoxy) is 2. The molecule has 0 spiro atoms. The standard InChI is InChI=1S/C32H39FN8O3/c33-28-12-8-26(9-13-28)23-38-32-40-30(36-16-14-24-4-2-1-3-5-24)39-31(41-32)37-22-25-6-10-27(11-7-25)29(42)35-17-19-44-21-20-43-18-15-34/h1-13H,14-23,34H2,(H,35,42)(H3,36,37,38,39,40,41). The summed E-state index contributed by atoms with van der Waals surface area (Å²) in [7, 11) is 0. The van der Waals surface area contributed by atoms with Crippen LogP contribution in [0.3, 0.4) is 0 Å². The van der Waals surface area contributed by atoms with E-state index in [1.807, 2.05) is 30.3 Å². The molecule has 0 atom stereocenters. The van der Waals surface area contributed by atoms with Crippen molar-refractivity contribution in [3.63, 3.8) is 0 Å². The van der Waals surface area contributed by atoms with Gasteiger partial charge in [-0.15, -0.1) is 0 Å². The van der Waals surface area contributed by atoms with Gasteiger partial charge in [-0.25, -0.2) is 4.39 Å². The Morgan fingerprint density at radius 2 is 1.23 bits per heavy atom. The number of rotatable bonds is 19. The van der Waals surface area contributed by atoms with Crippen molar-refractivity contribution < 1.29 is 18.7 Å². The Bertz CT molecular complexity index is 1410. The minimum absolute atomic E-state index is 0.173. The van der Waals surface area contributed by atoms with Crippen molar-refractivity contribution in [1.29, 1.82) is 0 Å². The predicted molar refractivity (Wildman–Crippen MR) is 169 cm³/mol. The maximum absolute atomic E-state index is 13.3. The largest absolute Gasteiger partial charge is 0.378 e. The molecule has 232 valence electrons. The summed E-state index contributed by atoms with van der Waals surface area (Å²) in [6.07, 6.45) is 0.810. The Morgan fingerprint density at radius 3 is 1.84 bits per heavy atom. The lowest BCUT2D eigenvalue weighted by molar-refractivity contribution is 0.0511. The van der Waals surface area contributed by atoms with Gasteiger partial charge < -0.3 is 36.5 Å². The molecule has 3 aromatic carbocycles. The van der Waals surface area contributed by atoms with Crippen molar-refractivity contribution >= 4 is 23.8 Å². The molecule has 0 aliphatic carbocycles. The highest BCUT2D eigenvalue weighted by Gasteiger charge is 2.09. The molecule has 0 radical (unpaired) electrons. The molecule has 4 aromatic rings. The van der Waals surface area contributed by atoms with E-state index in [0.29, 0.717) is 82.6 Å². The Kier molecular flexibility index (Phi) is 13.3. The summed E-state index contributed by atoms with van der Waals surface area (Å²) in [6.45, 7) is 4.22. The van der Waals surface area contributed by atoms with Gasteiger partial charge in [-0.05, 0) is 47.4 Å². The van der Waals surface area contributed by atoms with E-state index in [4.69, 9.17) is 15.2 Å².